The Balaban J connectivity index is 2.66. The number of benzene rings is 1. The van der Waals surface area contributed by atoms with E-state index in [1.54, 1.807) is 0 Å². The molecular formula is C13H19ClN2. The molecule has 0 aliphatic rings. The van der Waals surface area contributed by atoms with Crippen molar-refractivity contribution in [3.8, 4) is 0 Å². The molecule has 3 heteroatoms. The molecule has 0 saturated heterocycles. The molecular weight excluding hydrogens is 220 g/mol. The number of hydrogen-bond donors (Lipinski definition) is 1. The Morgan fingerprint density at radius 2 is 2.00 bits per heavy atom. The molecule has 1 aromatic rings. The first-order valence-corrected chi connectivity index (χ1v) is 5.74. The maximum absolute atomic E-state index is 5.86. The van der Waals surface area contributed by atoms with Gasteiger partial charge in [0.15, 0.2) is 0 Å². The van der Waals surface area contributed by atoms with Gasteiger partial charge in [-0.2, -0.15) is 0 Å². The maximum Gasteiger partial charge on any atom is 0.0406 e. The van der Waals surface area contributed by atoms with Crippen molar-refractivity contribution in [2.24, 2.45) is 5.73 Å². The van der Waals surface area contributed by atoms with Crippen LogP contribution in [0.1, 0.15) is 18.5 Å². The van der Waals surface area contributed by atoms with Crippen LogP contribution in [-0.4, -0.2) is 25.0 Å². The van der Waals surface area contributed by atoms with Crippen LogP contribution in [-0.2, 0) is 0 Å². The lowest BCUT2D eigenvalue weighted by Crippen LogP contribution is -2.26. The SMILES string of the molecule is C=C(CN)CN(C)C(C)c1ccc(Cl)cc1. The number of halogens is 1. The van der Waals surface area contributed by atoms with Gasteiger partial charge in [0.2, 0.25) is 0 Å². The molecule has 2 nitrogen and oxygen atoms in total. The predicted octanol–water partition coefficient (Wildman–Crippen LogP) is 2.85. The van der Waals surface area contributed by atoms with Gasteiger partial charge in [-0.25, -0.2) is 0 Å². The van der Waals surface area contributed by atoms with Crippen LogP contribution in [0.4, 0.5) is 0 Å². The van der Waals surface area contributed by atoms with Crippen LogP contribution in [0.25, 0.3) is 0 Å². The zero-order valence-corrected chi connectivity index (χ0v) is 10.7. The Kier molecular flexibility index (Phi) is 5.00. The third-order valence-electron chi connectivity index (χ3n) is 2.78. The highest BCUT2D eigenvalue weighted by Crippen LogP contribution is 2.21. The minimum Gasteiger partial charge on any atom is -0.327 e. The second-order valence-electron chi connectivity index (χ2n) is 4.10. The molecule has 0 amide bonds. The van der Waals surface area contributed by atoms with Gasteiger partial charge < -0.3 is 5.73 Å². The van der Waals surface area contributed by atoms with Crippen molar-refractivity contribution in [2.75, 3.05) is 20.1 Å². The Hall–Kier alpha value is -0.830. The molecule has 0 radical (unpaired) electrons. The van der Waals surface area contributed by atoms with E-state index < -0.39 is 0 Å². The quantitative estimate of drug-likeness (QED) is 0.800. The Labute approximate surface area is 103 Å². The van der Waals surface area contributed by atoms with Gasteiger partial charge in [-0.3, -0.25) is 4.90 Å². The Morgan fingerprint density at radius 3 is 2.50 bits per heavy atom. The fourth-order valence-electron chi connectivity index (χ4n) is 1.55. The molecule has 1 atom stereocenters. The number of rotatable bonds is 5. The van der Waals surface area contributed by atoms with Crippen molar-refractivity contribution < 1.29 is 0 Å². The van der Waals surface area contributed by atoms with Crippen LogP contribution in [0.2, 0.25) is 5.02 Å². The predicted molar refractivity (Wildman–Crippen MR) is 70.7 cm³/mol. The molecule has 1 aromatic carbocycles. The van der Waals surface area contributed by atoms with Crippen molar-refractivity contribution in [1.82, 2.24) is 4.90 Å². The van der Waals surface area contributed by atoms with Crippen LogP contribution < -0.4 is 5.73 Å². The van der Waals surface area contributed by atoms with Gasteiger partial charge in [-0.05, 0) is 37.2 Å². The summed E-state index contributed by atoms with van der Waals surface area (Å²) in [4.78, 5) is 2.22. The second-order valence-corrected chi connectivity index (χ2v) is 4.53. The van der Waals surface area contributed by atoms with Gasteiger partial charge in [0.25, 0.3) is 0 Å². The highest BCUT2D eigenvalue weighted by Gasteiger charge is 2.11. The smallest absolute Gasteiger partial charge is 0.0406 e. The normalized spacial score (nSPS) is 12.8. The minimum absolute atomic E-state index is 0.334. The van der Waals surface area contributed by atoms with Crippen LogP contribution >= 0.6 is 11.6 Å². The number of likely N-dealkylation sites (N-methyl/N-ethyl adjacent to an activating group) is 1. The van der Waals surface area contributed by atoms with Crippen molar-refractivity contribution in [2.45, 2.75) is 13.0 Å². The lowest BCUT2D eigenvalue weighted by atomic mass is 10.1. The largest absolute Gasteiger partial charge is 0.327 e. The van der Waals surface area contributed by atoms with Gasteiger partial charge in [0, 0.05) is 24.2 Å². The number of nitrogens with zero attached hydrogens (tertiary/aromatic N) is 1. The number of nitrogens with two attached hydrogens (primary N) is 1. The lowest BCUT2D eigenvalue weighted by molar-refractivity contribution is 0.283. The summed E-state index contributed by atoms with van der Waals surface area (Å²) in [6, 6.07) is 8.27. The van der Waals surface area contributed by atoms with E-state index in [4.69, 9.17) is 17.3 Å². The standard InChI is InChI=1S/C13H19ClN2/c1-10(8-15)9-16(3)11(2)12-4-6-13(14)7-5-12/h4-7,11H,1,8-9,15H2,2-3H3. The molecule has 2 N–H and O–H groups in total. The summed E-state index contributed by atoms with van der Waals surface area (Å²) in [5, 5.41) is 0.768. The molecule has 0 heterocycles. The Morgan fingerprint density at radius 1 is 1.44 bits per heavy atom. The third-order valence-corrected chi connectivity index (χ3v) is 3.03. The fourth-order valence-corrected chi connectivity index (χ4v) is 1.68. The van der Waals surface area contributed by atoms with Gasteiger partial charge in [0.1, 0.15) is 0 Å². The molecule has 88 valence electrons. The summed E-state index contributed by atoms with van der Waals surface area (Å²) in [7, 11) is 2.07. The third kappa shape index (κ3) is 3.63. The van der Waals surface area contributed by atoms with E-state index in [0.29, 0.717) is 12.6 Å². The van der Waals surface area contributed by atoms with Crippen molar-refractivity contribution >= 4 is 11.6 Å². The summed E-state index contributed by atoms with van der Waals surface area (Å²) in [6.07, 6.45) is 0. The summed E-state index contributed by atoms with van der Waals surface area (Å²) < 4.78 is 0. The van der Waals surface area contributed by atoms with Gasteiger partial charge >= 0.3 is 0 Å². The molecule has 0 aliphatic carbocycles. The average Bonchev–Trinajstić information content (AvgIpc) is 2.28. The molecule has 1 rings (SSSR count). The first kappa shape index (κ1) is 13.2. The summed E-state index contributed by atoms with van der Waals surface area (Å²) in [5.74, 6) is 0. The average molecular weight is 239 g/mol. The highest BCUT2D eigenvalue weighted by atomic mass is 35.5. The van der Waals surface area contributed by atoms with E-state index in [2.05, 4.69) is 37.6 Å². The molecule has 0 bridgehead atoms. The van der Waals surface area contributed by atoms with E-state index in [9.17, 15) is 0 Å². The highest BCUT2D eigenvalue weighted by molar-refractivity contribution is 6.30. The monoisotopic (exact) mass is 238 g/mol. The first-order chi connectivity index (χ1) is 7.54. The van der Waals surface area contributed by atoms with Gasteiger partial charge in [-0.1, -0.05) is 30.3 Å². The maximum atomic E-state index is 5.86. The fraction of sp³-hybridized carbons (Fsp3) is 0.385. The van der Waals surface area contributed by atoms with Crippen LogP contribution in [0.5, 0.6) is 0 Å². The topological polar surface area (TPSA) is 29.3 Å². The molecule has 1 unspecified atom stereocenters. The van der Waals surface area contributed by atoms with Gasteiger partial charge in [0.05, 0.1) is 0 Å². The van der Waals surface area contributed by atoms with Gasteiger partial charge in [-0.15, -0.1) is 0 Å². The van der Waals surface area contributed by atoms with Crippen LogP contribution in [0.3, 0.4) is 0 Å². The van der Waals surface area contributed by atoms with Crippen LogP contribution in [0, 0.1) is 0 Å². The molecule has 16 heavy (non-hydrogen) atoms. The zero-order chi connectivity index (χ0) is 12.1. The summed E-state index contributed by atoms with van der Waals surface area (Å²) in [5.41, 5.74) is 7.83. The molecule has 0 fully saturated rings. The lowest BCUT2D eigenvalue weighted by Gasteiger charge is -2.25. The van der Waals surface area contributed by atoms with Crippen LogP contribution in [0.15, 0.2) is 36.4 Å². The van der Waals surface area contributed by atoms with Crippen molar-refractivity contribution in [1.29, 1.82) is 0 Å². The Bertz CT molecular complexity index is 345. The summed E-state index contributed by atoms with van der Waals surface area (Å²) >= 11 is 5.86. The number of hydrogen-bond acceptors (Lipinski definition) is 2. The van der Waals surface area contributed by atoms with E-state index in [0.717, 1.165) is 17.1 Å². The summed E-state index contributed by atoms with van der Waals surface area (Å²) in [6.45, 7) is 7.43. The molecule has 0 aliphatic heterocycles. The van der Waals surface area contributed by atoms with Crippen molar-refractivity contribution in [3.05, 3.63) is 47.0 Å². The molecule has 0 saturated carbocycles. The van der Waals surface area contributed by atoms with Crippen molar-refractivity contribution in [3.63, 3.8) is 0 Å². The van der Waals surface area contributed by atoms with E-state index >= 15 is 0 Å². The second kappa shape index (κ2) is 6.04. The van der Waals surface area contributed by atoms with E-state index in [1.807, 2.05) is 12.1 Å². The molecule has 0 spiro atoms. The minimum atomic E-state index is 0.334. The van der Waals surface area contributed by atoms with E-state index in [-0.39, 0.29) is 0 Å². The molecule has 0 aromatic heterocycles. The zero-order valence-electron chi connectivity index (χ0n) is 9.91. The van der Waals surface area contributed by atoms with E-state index in [1.165, 1.54) is 5.56 Å². The first-order valence-electron chi connectivity index (χ1n) is 5.37.